The van der Waals surface area contributed by atoms with Gasteiger partial charge in [0.05, 0.1) is 14.2 Å². The summed E-state index contributed by atoms with van der Waals surface area (Å²) in [4.78, 5) is 22.7. The predicted octanol–water partition coefficient (Wildman–Crippen LogP) is 0.328. The molecule has 0 saturated heterocycles. The monoisotopic (exact) mass is 260 g/mol. The highest BCUT2D eigenvalue weighted by Crippen LogP contribution is 2.17. The highest BCUT2D eigenvalue weighted by molar-refractivity contribution is 5.80. The van der Waals surface area contributed by atoms with Gasteiger partial charge in [-0.1, -0.05) is 12.8 Å². The van der Waals surface area contributed by atoms with Crippen molar-refractivity contribution in [1.29, 1.82) is 0 Å². The van der Waals surface area contributed by atoms with Crippen LogP contribution in [0.2, 0.25) is 0 Å². The first-order valence-corrected chi connectivity index (χ1v) is 5.92. The molecule has 0 aromatic rings. The maximum atomic E-state index is 11.3. The molecular formula is C12H24N2O4. The number of unbranched alkanes of at least 4 members (excludes halogenated alkanes) is 1. The number of carbonyl (C=O) groups is 2. The van der Waals surface area contributed by atoms with Gasteiger partial charge in [0.1, 0.15) is 11.1 Å². The van der Waals surface area contributed by atoms with Gasteiger partial charge in [-0.25, -0.2) is 0 Å². The molecule has 0 aliphatic rings. The van der Waals surface area contributed by atoms with Crippen LogP contribution >= 0.6 is 0 Å². The fourth-order valence-electron chi connectivity index (χ4n) is 1.65. The Hall–Kier alpha value is -1.14. The van der Waals surface area contributed by atoms with Crippen LogP contribution in [0.4, 0.5) is 0 Å². The molecule has 0 aromatic carbocycles. The molecule has 0 amide bonds. The second kappa shape index (κ2) is 6.70. The SMILES string of the molecule is COC(=O)[C@@](C)(N)CCCC[C@](C)(N)C(=O)OC. The molecule has 6 nitrogen and oxygen atoms in total. The molecule has 6 heteroatoms. The first-order chi connectivity index (χ1) is 8.17. The van der Waals surface area contributed by atoms with Crippen LogP contribution in [0.5, 0.6) is 0 Å². The normalized spacial score (nSPS) is 17.4. The molecule has 0 aliphatic carbocycles. The lowest BCUT2D eigenvalue weighted by Gasteiger charge is -2.23. The molecular weight excluding hydrogens is 236 g/mol. The maximum absolute atomic E-state index is 11.3. The van der Waals surface area contributed by atoms with E-state index in [0.29, 0.717) is 25.7 Å². The van der Waals surface area contributed by atoms with Crippen LogP contribution in [-0.2, 0) is 19.1 Å². The Morgan fingerprint density at radius 3 is 1.39 bits per heavy atom. The number of hydrogen-bond donors (Lipinski definition) is 2. The van der Waals surface area contributed by atoms with Crippen LogP contribution in [-0.4, -0.2) is 37.2 Å². The zero-order chi connectivity index (χ0) is 14.4. The van der Waals surface area contributed by atoms with E-state index in [9.17, 15) is 9.59 Å². The number of ether oxygens (including phenoxy) is 2. The van der Waals surface area contributed by atoms with E-state index >= 15 is 0 Å². The summed E-state index contributed by atoms with van der Waals surface area (Å²) < 4.78 is 9.21. The van der Waals surface area contributed by atoms with Crippen molar-refractivity contribution >= 4 is 11.9 Å². The molecule has 4 N–H and O–H groups in total. The third kappa shape index (κ3) is 5.01. The van der Waals surface area contributed by atoms with E-state index in [-0.39, 0.29) is 0 Å². The van der Waals surface area contributed by atoms with Crippen LogP contribution in [0.1, 0.15) is 39.5 Å². The molecule has 0 fully saturated rings. The lowest BCUT2D eigenvalue weighted by atomic mass is 9.91. The van der Waals surface area contributed by atoms with E-state index in [1.54, 1.807) is 13.8 Å². The van der Waals surface area contributed by atoms with Gasteiger partial charge in [-0.15, -0.1) is 0 Å². The molecule has 0 saturated carbocycles. The van der Waals surface area contributed by atoms with E-state index in [1.807, 2.05) is 0 Å². The minimum atomic E-state index is -0.995. The van der Waals surface area contributed by atoms with Crippen molar-refractivity contribution in [2.24, 2.45) is 11.5 Å². The second-order valence-corrected chi connectivity index (χ2v) is 5.03. The number of nitrogens with two attached hydrogens (primary N) is 2. The van der Waals surface area contributed by atoms with E-state index < -0.39 is 23.0 Å². The summed E-state index contributed by atoms with van der Waals surface area (Å²) in [6, 6.07) is 0. The number of esters is 2. The fraction of sp³-hybridized carbons (Fsp3) is 0.833. The standard InChI is InChI=1S/C12H24N2O4/c1-11(13,9(15)17-3)7-5-6-8-12(2,14)10(16)18-4/h5-8,13-14H2,1-4H3/t11-,12-/m0/s1. The smallest absolute Gasteiger partial charge is 0.325 e. The zero-order valence-corrected chi connectivity index (χ0v) is 11.6. The summed E-state index contributed by atoms with van der Waals surface area (Å²) in [5, 5.41) is 0. The van der Waals surface area contributed by atoms with Crippen LogP contribution in [0.15, 0.2) is 0 Å². The minimum absolute atomic E-state index is 0.439. The maximum Gasteiger partial charge on any atom is 0.325 e. The zero-order valence-electron chi connectivity index (χ0n) is 11.6. The van der Waals surface area contributed by atoms with Crippen molar-refractivity contribution in [3.05, 3.63) is 0 Å². The Balaban J connectivity index is 4.08. The first-order valence-electron chi connectivity index (χ1n) is 5.92. The van der Waals surface area contributed by atoms with Gasteiger partial charge in [0.2, 0.25) is 0 Å². The molecule has 0 rings (SSSR count). The largest absolute Gasteiger partial charge is 0.468 e. The van der Waals surface area contributed by atoms with Gasteiger partial charge >= 0.3 is 11.9 Å². The predicted molar refractivity (Wildman–Crippen MR) is 67.7 cm³/mol. The van der Waals surface area contributed by atoms with Crippen LogP contribution in [0.3, 0.4) is 0 Å². The summed E-state index contributed by atoms with van der Waals surface area (Å²) >= 11 is 0. The van der Waals surface area contributed by atoms with Gasteiger partial charge in [0, 0.05) is 0 Å². The quantitative estimate of drug-likeness (QED) is 0.505. The van der Waals surface area contributed by atoms with E-state index in [4.69, 9.17) is 11.5 Å². The summed E-state index contributed by atoms with van der Waals surface area (Å²) in [6.45, 7) is 3.25. The van der Waals surface area contributed by atoms with Crippen molar-refractivity contribution in [2.45, 2.75) is 50.6 Å². The summed E-state index contributed by atoms with van der Waals surface area (Å²) in [7, 11) is 2.61. The van der Waals surface area contributed by atoms with Crippen molar-refractivity contribution in [3.63, 3.8) is 0 Å². The van der Waals surface area contributed by atoms with Crippen LogP contribution < -0.4 is 11.5 Å². The highest BCUT2D eigenvalue weighted by atomic mass is 16.5. The fourth-order valence-corrected chi connectivity index (χ4v) is 1.65. The topological polar surface area (TPSA) is 105 Å². The Morgan fingerprint density at radius 2 is 1.17 bits per heavy atom. The van der Waals surface area contributed by atoms with E-state index in [2.05, 4.69) is 9.47 Å². The van der Waals surface area contributed by atoms with Gasteiger partial charge in [-0.3, -0.25) is 9.59 Å². The Morgan fingerprint density at radius 1 is 0.889 bits per heavy atom. The molecule has 0 spiro atoms. The molecule has 2 atom stereocenters. The molecule has 106 valence electrons. The lowest BCUT2D eigenvalue weighted by Crippen LogP contribution is -2.47. The molecule has 0 radical (unpaired) electrons. The van der Waals surface area contributed by atoms with Gasteiger partial charge in [-0.2, -0.15) is 0 Å². The third-order valence-electron chi connectivity index (χ3n) is 2.95. The van der Waals surface area contributed by atoms with Gasteiger partial charge in [-0.05, 0) is 26.7 Å². The number of rotatable bonds is 7. The Labute approximate surface area is 108 Å². The molecule has 0 bridgehead atoms. The molecule has 0 heterocycles. The summed E-state index contributed by atoms with van der Waals surface area (Å²) in [5.41, 5.74) is 9.63. The summed E-state index contributed by atoms with van der Waals surface area (Å²) in [6.07, 6.45) is 2.34. The third-order valence-corrected chi connectivity index (χ3v) is 2.95. The van der Waals surface area contributed by atoms with E-state index in [0.717, 1.165) is 0 Å². The van der Waals surface area contributed by atoms with Crippen LogP contribution in [0, 0.1) is 0 Å². The second-order valence-electron chi connectivity index (χ2n) is 5.03. The number of carbonyl (C=O) groups excluding carboxylic acids is 2. The van der Waals surface area contributed by atoms with Gasteiger partial charge in [0.15, 0.2) is 0 Å². The highest BCUT2D eigenvalue weighted by Gasteiger charge is 2.31. The lowest BCUT2D eigenvalue weighted by molar-refractivity contribution is -0.147. The van der Waals surface area contributed by atoms with Crippen molar-refractivity contribution < 1.29 is 19.1 Å². The van der Waals surface area contributed by atoms with Gasteiger partial charge < -0.3 is 20.9 Å². The minimum Gasteiger partial charge on any atom is -0.468 e. The Kier molecular flexibility index (Phi) is 6.28. The van der Waals surface area contributed by atoms with Crippen molar-refractivity contribution in [3.8, 4) is 0 Å². The average molecular weight is 260 g/mol. The van der Waals surface area contributed by atoms with Crippen molar-refractivity contribution in [1.82, 2.24) is 0 Å². The first kappa shape index (κ1) is 16.9. The molecule has 18 heavy (non-hydrogen) atoms. The molecule has 0 unspecified atom stereocenters. The molecule has 0 aromatic heterocycles. The number of hydrogen-bond acceptors (Lipinski definition) is 6. The Bertz CT molecular complexity index is 270. The molecule has 0 aliphatic heterocycles. The van der Waals surface area contributed by atoms with Crippen LogP contribution in [0.25, 0.3) is 0 Å². The average Bonchev–Trinajstić information content (AvgIpc) is 2.32. The van der Waals surface area contributed by atoms with E-state index in [1.165, 1.54) is 14.2 Å². The number of methoxy groups -OCH3 is 2. The van der Waals surface area contributed by atoms with Crippen molar-refractivity contribution in [2.75, 3.05) is 14.2 Å². The van der Waals surface area contributed by atoms with Gasteiger partial charge in [0.25, 0.3) is 0 Å². The summed E-state index contributed by atoms with van der Waals surface area (Å²) in [5.74, 6) is -0.878.